The number of rotatable bonds is 4. The van der Waals surface area contributed by atoms with Gasteiger partial charge in [0.2, 0.25) is 10.0 Å². The molecule has 0 aliphatic heterocycles. The summed E-state index contributed by atoms with van der Waals surface area (Å²) in [5, 5.41) is 3.44. The highest BCUT2D eigenvalue weighted by Gasteiger charge is 2.18. The Labute approximate surface area is 103 Å². The SMILES string of the molecule is Nc1cc(F)ccc1S(=O)(=O)NCc1ccno1. The van der Waals surface area contributed by atoms with Gasteiger partial charge in [-0.1, -0.05) is 5.16 Å². The average molecular weight is 271 g/mol. The van der Waals surface area contributed by atoms with E-state index >= 15 is 0 Å². The van der Waals surface area contributed by atoms with Crippen molar-refractivity contribution >= 4 is 15.7 Å². The van der Waals surface area contributed by atoms with Crippen molar-refractivity contribution in [2.45, 2.75) is 11.4 Å². The predicted octanol–water partition coefficient (Wildman–Crippen LogP) is 0.874. The maximum Gasteiger partial charge on any atom is 0.243 e. The third kappa shape index (κ3) is 2.66. The summed E-state index contributed by atoms with van der Waals surface area (Å²) in [6.07, 6.45) is 1.40. The Morgan fingerprint density at radius 3 is 2.78 bits per heavy atom. The van der Waals surface area contributed by atoms with Crippen LogP contribution >= 0.6 is 0 Å². The van der Waals surface area contributed by atoms with Crippen LogP contribution in [0.5, 0.6) is 0 Å². The number of halogens is 1. The zero-order valence-electron chi connectivity index (χ0n) is 9.13. The number of benzene rings is 1. The highest BCUT2D eigenvalue weighted by molar-refractivity contribution is 7.89. The largest absolute Gasteiger partial charge is 0.398 e. The molecule has 0 amide bonds. The van der Waals surface area contributed by atoms with Crippen molar-refractivity contribution in [1.82, 2.24) is 9.88 Å². The first-order valence-corrected chi connectivity index (χ1v) is 6.41. The topological polar surface area (TPSA) is 98.2 Å². The molecular formula is C10H10FN3O3S. The number of anilines is 1. The van der Waals surface area contributed by atoms with E-state index in [1.165, 1.54) is 12.3 Å². The van der Waals surface area contributed by atoms with E-state index in [1.807, 2.05) is 0 Å². The molecule has 0 radical (unpaired) electrons. The van der Waals surface area contributed by atoms with E-state index in [-0.39, 0.29) is 17.1 Å². The maximum absolute atomic E-state index is 12.8. The monoisotopic (exact) mass is 271 g/mol. The molecule has 0 aliphatic carbocycles. The number of nitrogens with one attached hydrogen (secondary N) is 1. The lowest BCUT2D eigenvalue weighted by Gasteiger charge is -2.07. The second-order valence-electron chi connectivity index (χ2n) is 3.49. The third-order valence-electron chi connectivity index (χ3n) is 2.19. The van der Waals surface area contributed by atoms with E-state index < -0.39 is 15.8 Å². The molecule has 1 heterocycles. The molecular weight excluding hydrogens is 261 g/mol. The number of nitrogens with two attached hydrogens (primary N) is 1. The van der Waals surface area contributed by atoms with Crippen molar-refractivity contribution in [1.29, 1.82) is 0 Å². The van der Waals surface area contributed by atoms with Crippen LogP contribution in [0.4, 0.5) is 10.1 Å². The van der Waals surface area contributed by atoms with Gasteiger partial charge in [-0.3, -0.25) is 0 Å². The molecule has 96 valence electrons. The lowest BCUT2D eigenvalue weighted by atomic mass is 10.3. The third-order valence-corrected chi connectivity index (χ3v) is 3.66. The van der Waals surface area contributed by atoms with E-state index in [9.17, 15) is 12.8 Å². The molecule has 0 unspecified atom stereocenters. The average Bonchev–Trinajstić information content (AvgIpc) is 2.78. The Morgan fingerprint density at radius 2 is 2.17 bits per heavy atom. The van der Waals surface area contributed by atoms with Gasteiger partial charge < -0.3 is 10.3 Å². The molecule has 0 spiro atoms. The zero-order valence-corrected chi connectivity index (χ0v) is 9.95. The smallest absolute Gasteiger partial charge is 0.243 e. The first-order valence-electron chi connectivity index (χ1n) is 4.93. The van der Waals surface area contributed by atoms with Crippen LogP contribution < -0.4 is 10.5 Å². The summed E-state index contributed by atoms with van der Waals surface area (Å²) in [4.78, 5) is -0.177. The molecule has 3 N–H and O–H groups in total. The van der Waals surface area contributed by atoms with E-state index in [2.05, 4.69) is 9.88 Å². The van der Waals surface area contributed by atoms with Gasteiger partial charge >= 0.3 is 0 Å². The Hall–Kier alpha value is -1.93. The van der Waals surface area contributed by atoms with Crippen molar-refractivity contribution in [3.63, 3.8) is 0 Å². The van der Waals surface area contributed by atoms with Crippen molar-refractivity contribution in [3.05, 3.63) is 42.0 Å². The Kier molecular flexibility index (Phi) is 3.30. The number of hydrogen-bond acceptors (Lipinski definition) is 5. The Bertz CT molecular complexity index is 640. The number of aromatic nitrogens is 1. The number of nitrogen functional groups attached to an aromatic ring is 1. The zero-order chi connectivity index (χ0) is 13.2. The molecule has 18 heavy (non-hydrogen) atoms. The Balaban J connectivity index is 2.20. The summed E-state index contributed by atoms with van der Waals surface area (Å²) in [6.45, 7) is -0.0564. The van der Waals surface area contributed by atoms with Gasteiger partial charge in [-0.25, -0.2) is 17.5 Å². The predicted molar refractivity (Wildman–Crippen MR) is 61.3 cm³/mol. The minimum Gasteiger partial charge on any atom is -0.398 e. The highest BCUT2D eigenvalue weighted by Crippen LogP contribution is 2.19. The van der Waals surface area contributed by atoms with Gasteiger partial charge in [-0.15, -0.1) is 0 Å². The summed E-state index contributed by atoms with van der Waals surface area (Å²) in [6, 6.07) is 4.60. The Morgan fingerprint density at radius 1 is 1.39 bits per heavy atom. The summed E-state index contributed by atoms with van der Waals surface area (Å²) in [5.41, 5.74) is 5.31. The molecule has 0 fully saturated rings. The van der Waals surface area contributed by atoms with Gasteiger partial charge in [0.05, 0.1) is 18.4 Å². The highest BCUT2D eigenvalue weighted by atomic mass is 32.2. The fourth-order valence-electron chi connectivity index (χ4n) is 1.34. The minimum atomic E-state index is -3.81. The molecule has 0 saturated heterocycles. The van der Waals surface area contributed by atoms with Gasteiger partial charge in [0.25, 0.3) is 0 Å². The quantitative estimate of drug-likeness (QED) is 0.804. The molecule has 0 atom stereocenters. The second kappa shape index (κ2) is 4.75. The first-order chi connectivity index (χ1) is 8.49. The van der Waals surface area contributed by atoms with Crippen LogP contribution in [0.15, 0.2) is 39.9 Å². The van der Waals surface area contributed by atoms with Crippen molar-refractivity contribution in [2.24, 2.45) is 0 Å². The lowest BCUT2D eigenvalue weighted by Crippen LogP contribution is -2.24. The fraction of sp³-hybridized carbons (Fsp3) is 0.100. The van der Waals surface area contributed by atoms with E-state index in [1.54, 1.807) is 0 Å². The van der Waals surface area contributed by atoms with E-state index in [0.29, 0.717) is 5.76 Å². The lowest BCUT2D eigenvalue weighted by molar-refractivity contribution is 0.380. The van der Waals surface area contributed by atoms with Gasteiger partial charge in [0.1, 0.15) is 10.7 Å². The van der Waals surface area contributed by atoms with Crippen LogP contribution in [0, 0.1) is 5.82 Å². The van der Waals surface area contributed by atoms with Crippen LogP contribution in [0.25, 0.3) is 0 Å². The van der Waals surface area contributed by atoms with E-state index in [0.717, 1.165) is 18.2 Å². The van der Waals surface area contributed by atoms with Gasteiger partial charge in [-0.05, 0) is 18.2 Å². The molecule has 8 heteroatoms. The number of sulfonamides is 1. The molecule has 0 saturated carbocycles. The van der Waals surface area contributed by atoms with Gasteiger partial charge in [0.15, 0.2) is 5.76 Å². The summed E-state index contributed by atoms with van der Waals surface area (Å²) >= 11 is 0. The normalized spacial score (nSPS) is 11.6. The maximum atomic E-state index is 12.8. The van der Waals surface area contributed by atoms with Gasteiger partial charge in [-0.2, -0.15) is 0 Å². The standard InChI is InChI=1S/C10H10FN3O3S/c11-7-1-2-10(9(12)5-7)18(15,16)14-6-8-3-4-13-17-8/h1-5,14H,6,12H2. The molecule has 1 aromatic heterocycles. The van der Waals surface area contributed by atoms with Crippen molar-refractivity contribution < 1.29 is 17.3 Å². The number of hydrogen-bond donors (Lipinski definition) is 2. The van der Waals surface area contributed by atoms with Crippen LogP contribution in [0.1, 0.15) is 5.76 Å². The summed E-state index contributed by atoms with van der Waals surface area (Å²) in [7, 11) is -3.81. The first kappa shape index (κ1) is 12.5. The van der Waals surface area contributed by atoms with Crippen LogP contribution in [0.2, 0.25) is 0 Å². The fourth-order valence-corrected chi connectivity index (χ4v) is 2.45. The number of nitrogens with zero attached hydrogens (tertiary/aromatic N) is 1. The van der Waals surface area contributed by atoms with Crippen LogP contribution in [-0.2, 0) is 16.6 Å². The molecule has 0 aliphatic rings. The van der Waals surface area contributed by atoms with E-state index in [4.69, 9.17) is 10.3 Å². The molecule has 0 bridgehead atoms. The van der Waals surface area contributed by atoms with Crippen molar-refractivity contribution in [2.75, 3.05) is 5.73 Å². The second-order valence-corrected chi connectivity index (χ2v) is 5.22. The van der Waals surface area contributed by atoms with Gasteiger partial charge in [0, 0.05) is 6.07 Å². The van der Waals surface area contributed by atoms with Crippen molar-refractivity contribution in [3.8, 4) is 0 Å². The summed E-state index contributed by atoms with van der Waals surface area (Å²) in [5.74, 6) is -0.235. The molecule has 1 aromatic carbocycles. The van der Waals surface area contributed by atoms with Crippen LogP contribution in [-0.4, -0.2) is 13.6 Å². The molecule has 2 aromatic rings. The summed E-state index contributed by atoms with van der Waals surface area (Å²) < 4.78 is 43.6. The minimum absolute atomic E-state index is 0.0564. The molecule has 6 nitrogen and oxygen atoms in total. The van der Waals surface area contributed by atoms with Crippen LogP contribution in [0.3, 0.4) is 0 Å². The molecule has 2 rings (SSSR count).